The molecule has 0 aliphatic carbocycles. The van der Waals surface area contributed by atoms with Gasteiger partial charge in [0, 0.05) is 17.2 Å². The number of nitrogens with zero attached hydrogens (tertiary/aromatic N) is 1. The highest BCUT2D eigenvalue weighted by Gasteiger charge is 2.01. The second-order valence-electron chi connectivity index (χ2n) is 3.02. The number of rotatable bonds is 5. The maximum atomic E-state index is 5.47. The Morgan fingerprint density at radius 2 is 2.38 bits per heavy atom. The molecule has 1 aromatic heterocycles. The molecule has 2 N–H and O–H groups in total. The van der Waals surface area contributed by atoms with E-state index in [2.05, 4.69) is 18.0 Å². The van der Waals surface area contributed by atoms with E-state index in [-0.39, 0.29) is 0 Å². The fourth-order valence-corrected chi connectivity index (χ4v) is 1.96. The van der Waals surface area contributed by atoms with Gasteiger partial charge in [0.1, 0.15) is 0 Å². The van der Waals surface area contributed by atoms with Crippen LogP contribution in [0, 0.1) is 0 Å². The maximum absolute atomic E-state index is 5.47. The minimum Gasteiger partial charge on any atom is -0.330 e. The van der Waals surface area contributed by atoms with Gasteiger partial charge in [-0.1, -0.05) is 13.0 Å². The average Bonchev–Trinajstić information content (AvgIpc) is 2.17. The number of pyridine rings is 1. The molecule has 1 heterocycles. The van der Waals surface area contributed by atoms with Crippen molar-refractivity contribution in [1.82, 2.24) is 4.98 Å². The van der Waals surface area contributed by atoms with Crippen molar-refractivity contribution in [2.24, 2.45) is 5.73 Å². The molecule has 0 radical (unpaired) electrons. The Kier molecular flexibility index (Phi) is 4.86. The van der Waals surface area contributed by atoms with Crippen LogP contribution in [0.25, 0.3) is 0 Å². The van der Waals surface area contributed by atoms with Gasteiger partial charge >= 0.3 is 0 Å². The molecule has 0 aliphatic rings. The molecule has 0 aromatic carbocycles. The first-order chi connectivity index (χ1) is 6.33. The summed E-state index contributed by atoms with van der Waals surface area (Å²) in [5, 5.41) is 0.631. The Morgan fingerprint density at radius 3 is 3.00 bits per heavy atom. The molecular weight excluding hydrogens is 180 g/mol. The molecule has 0 amide bonds. The zero-order valence-electron chi connectivity index (χ0n) is 7.94. The largest absolute Gasteiger partial charge is 0.330 e. The van der Waals surface area contributed by atoms with Crippen molar-refractivity contribution in [2.45, 2.75) is 24.3 Å². The van der Waals surface area contributed by atoms with Crippen LogP contribution < -0.4 is 5.73 Å². The summed E-state index contributed by atoms with van der Waals surface area (Å²) < 4.78 is 0. The number of aromatic nitrogens is 1. The van der Waals surface area contributed by atoms with E-state index in [9.17, 15) is 0 Å². The van der Waals surface area contributed by atoms with Crippen LogP contribution in [0.1, 0.15) is 19.0 Å². The summed E-state index contributed by atoms with van der Waals surface area (Å²) in [7, 11) is 0. The van der Waals surface area contributed by atoms with Crippen molar-refractivity contribution in [3.63, 3.8) is 0 Å². The Morgan fingerprint density at radius 1 is 1.54 bits per heavy atom. The highest BCUT2D eigenvalue weighted by Crippen LogP contribution is 2.17. The molecule has 72 valence electrons. The van der Waals surface area contributed by atoms with Gasteiger partial charge in [0.15, 0.2) is 0 Å². The van der Waals surface area contributed by atoms with Gasteiger partial charge in [-0.2, -0.15) is 11.8 Å². The van der Waals surface area contributed by atoms with Crippen molar-refractivity contribution >= 4 is 11.8 Å². The maximum Gasteiger partial charge on any atom is 0.0502 e. The van der Waals surface area contributed by atoms with E-state index in [1.807, 2.05) is 30.1 Å². The van der Waals surface area contributed by atoms with E-state index in [0.717, 1.165) is 24.4 Å². The van der Waals surface area contributed by atoms with Crippen LogP contribution in [0.2, 0.25) is 0 Å². The van der Waals surface area contributed by atoms with Gasteiger partial charge in [0.2, 0.25) is 0 Å². The monoisotopic (exact) mass is 196 g/mol. The summed E-state index contributed by atoms with van der Waals surface area (Å²) in [4.78, 5) is 4.26. The Bertz CT molecular complexity index is 226. The van der Waals surface area contributed by atoms with Gasteiger partial charge in [0.05, 0.1) is 5.69 Å². The normalized spacial score (nSPS) is 12.8. The van der Waals surface area contributed by atoms with Crippen LogP contribution >= 0.6 is 11.8 Å². The van der Waals surface area contributed by atoms with Crippen molar-refractivity contribution < 1.29 is 0 Å². The summed E-state index contributed by atoms with van der Waals surface area (Å²) in [5.74, 6) is 0.988. The molecule has 1 unspecified atom stereocenters. The molecular formula is C10H16N2S. The first kappa shape index (κ1) is 10.5. The zero-order chi connectivity index (χ0) is 9.52. The number of nitrogens with two attached hydrogens (primary N) is 1. The smallest absolute Gasteiger partial charge is 0.0502 e. The van der Waals surface area contributed by atoms with E-state index >= 15 is 0 Å². The molecule has 0 saturated heterocycles. The van der Waals surface area contributed by atoms with Crippen molar-refractivity contribution in [2.75, 3.05) is 6.54 Å². The number of hydrogen-bond acceptors (Lipinski definition) is 3. The molecule has 2 nitrogen and oxygen atoms in total. The van der Waals surface area contributed by atoms with Crippen LogP contribution in [0.15, 0.2) is 24.4 Å². The topological polar surface area (TPSA) is 38.9 Å². The van der Waals surface area contributed by atoms with Gasteiger partial charge in [0.25, 0.3) is 0 Å². The predicted molar refractivity (Wildman–Crippen MR) is 58.7 cm³/mol. The minimum absolute atomic E-state index is 0.631. The molecule has 0 spiro atoms. The van der Waals surface area contributed by atoms with E-state index in [4.69, 9.17) is 5.73 Å². The summed E-state index contributed by atoms with van der Waals surface area (Å²) in [6, 6.07) is 6.02. The molecule has 0 fully saturated rings. The molecule has 0 aliphatic heterocycles. The lowest BCUT2D eigenvalue weighted by molar-refractivity contribution is 0.822. The van der Waals surface area contributed by atoms with Crippen molar-refractivity contribution in [1.29, 1.82) is 0 Å². The summed E-state index contributed by atoms with van der Waals surface area (Å²) in [5.41, 5.74) is 6.62. The van der Waals surface area contributed by atoms with Crippen LogP contribution in [0.5, 0.6) is 0 Å². The van der Waals surface area contributed by atoms with E-state index in [1.165, 1.54) is 0 Å². The standard InChI is InChI=1S/C10H16N2S/c1-9(5-6-11)13-8-10-4-2-3-7-12-10/h2-4,7,9H,5-6,8,11H2,1H3. The van der Waals surface area contributed by atoms with Gasteiger partial charge in [-0.25, -0.2) is 0 Å². The van der Waals surface area contributed by atoms with E-state index in [1.54, 1.807) is 0 Å². The second-order valence-corrected chi connectivity index (χ2v) is 4.45. The molecule has 3 heteroatoms. The van der Waals surface area contributed by atoms with Crippen LogP contribution in [0.4, 0.5) is 0 Å². The van der Waals surface area contributed by atoms with Gasteiger partial charge in [-0.15, -0.1) is 0 Å². The summed E-state index contributed by atoms with van der Waals surface area (Å²) in [6.07, 6.45) is 2.92. The zero-order valence-corrected chi connectivity index (χ0v) is 8.76. The molecule has 13 heavy (non-hydrogen) atoms. The summed E-state index contributed by atoms with van der Waals surface area (Å²) in [6.45, 7) is 2.98. The first-order valence-electron chi connectivity index (χ1n) is 4.54. The average molecular weight is 196 g/mol. The van der Waals surface area contributed by atoms with Crippen molar-refractivity contribution in [3.05, 3.63) is 30.1 Å². The van der Waals surface area contributed by atoms with Gasteiger partial charge < -0.3 is 5.73 Å². The number of thioether (sulfide) groups is 1. The quantitative estimate of drug-likeness (QED) is 0.783. The second kappa shape index (κ2) is 6.00. The Hall–Kier alpha value is -0.540. The predicted octanol–water partition coefficient (Wildman–Crippen LogP) is 2.05. The lowest BCUT2D eigenvalue weighted by Gasteiger charge is -2.08. The molecule has 0 bridgehead atoms. The van der Waals surface area contributed by atoms with Crippen LogP contribution in [0.3, 0.4) is 0 Å². The van der Waals surface area contributed by atoms with Gasteiger partial charge in [-0.05, 0) is 25.1 Å². The molecule has 1 rings (SSSR count). The summed E-state index contributed by atoms with van der Waals surface area (Å²) >= 11 is 1.91. The minimum atomic E-state index is 0.631. The molecule has 0 saturated carbocycles. The van der Waals surface area contributed by atoms with E-state index < -0.39 is 0 Å². The Labute approximate surface area is 83.9 Å². The SMILES string of the molecule is CC(CCN)SCc1ccccn1. The van der Waals surface area contributed by atoms with Crippen LogP contribution in [-0.2, 0) is 5.75 Å². The van der Waals surface area contributed by atoms with Crippen LogP contribution in [-0.4, -0.2) is 16.8 Å². The fourth-order valence-electron chi connectivity index (χ4n) is 1.03. The third-order valence-corrected chi connectivity index (χ3v) is 3.08. The first-order valence-corrected chi connectivity index (χ1v) is 5.59. The fraction of sp³-hybridized carbons (Fsp3) is 0.500. The van der Waals surface area contributed by atoms with Crippen molar-refractivity contribution in [3.8, 4) is 0 Å². The third-order valence-electron chi connectivity index (χ3n) is 1.82. The molecule has 1 atom stereocenters. The lowest BCUT2D eigenvalue weighted by Crippen LogP contribution is -2.07. The Balaban J connectivity index is 2.27. The lowest BCUT2D eigenvalue weighted by atomic mass is 10.3. The number of hydrogen-bond donors (Lipinski definition) is 1. The highest BCUT2D eigenvalue weighted by atomic mass is 32.2. The molecule has 1 aromatic rings. The van der Waals surface area contributed by atoms with Gasteiger partial charge in [-0.3, -0.25) is 4.98 Å². The highest BCUT2D eigenvalue weighted by molar-refractivity contribution is 7.99. The van der Waals surface area contributed by atoms with E-state index in [0.29, 0.717) is 5.25 Å². The third kappa shape index (κ3) is 4.29.